The van der Waals surface area contributed by atoms with Gasteiger partial charge in [0.15, 0.2) is 5.75 Å². The molecular weight excluding hydrogens is 242 g/mol. The summed E-state index contributed by atoms with van der Waals surface area (Å²) in [4.78, 5) is 0. The Labute approximate surface area is 113 Å². The smallest absolute Gasteiger partial charge is 0.157 e. The van der Waals surface area contributed by atoms with Crippen molar-refractivity contribution < 1.29 is 9.15 Å². The minimum Gasteiger partial charge on any atom is -0.482 e. The summed E-state index contributed by atoms with van der Waals surface area (Å²) in [7, 11) is 1.86. The molecule has 5 heteroatoms. The highest BCUT2D eigenvalue weighted by atomic mass is 16.5. The third kappa shape index (κ3) is 4.13. The third-order valence-electron chi connectivity index (χ3n) is 2.70. The van der Waals surface area contributed by atoms with E-state index in [0.29, 0.717) is 6.61 Å². The molecule has 2 aromatic heterocycles. The van der Waals surface area contributed by atoms with Gasteiger partial charge in [-0.25, -0.2) is 0 Å². The summed E-state index contributed by atoms with van der Waals surface area (Å²) in [5, 5.41) is 7.49. The average molecular weight is 263 g/mol. The molecule has 0 amide bonds. The number of aromatic nitrogens is 2. The summed E-state index contributed by atoms with van der Waals surface area (Å²) in [5.41, 5.74) is 1.21. The molecule has 0 fully saturated rings. The van der Waals surface area contributed by atoms with Crippen LogP contribution >= 0.6 is 0 Å². The van der Waals surface area contributed by atoms with Crippen LogP contribution in [-0.2, 0) is 20.2 Å². The van der Waals surface area contributed by atoms with Gasteiger partial charge >= 0.3 is 0 Å². The van der Waals surface area contributed by atoms with Crippen LogP contribution in [0.3, 0.4) is 0 Å². The van der Waals surface area contributed by atoms with Crippen molar-refractivity contribution in [3.63, 3.8) is 0 Å². The van der Waals surface area contributed by atoms with Gasteiger partial charge in [-0.1, -0.05) is 0 Å². The van der Waals surface area contributed by atoms with E-state index in [9.17, 15) is 0 Å². The van der Waals surface area contributed by atoms with E-state index in [-0.39, 0.29) is 5.54 Å². The van der Waals surface area contributed by atoms with Crippen LogP contribution in [0.15, 0.2) is 29.1 Å². The van der Waals surface area contributed by atoms with Gasteiger partial charge in [-0.15, -0.1) is 0 Å². The molecular formula is C14H21N3O2. The highest BCUT2D eigenvalue weighted by Crippen LogP contribution is 2.16. The minimum absolute atomic E-state index is 0.0821. The van der Waals surface area contributed by atoms with Crippen molar-refractivity contribution in [1.82, 2.24) is 15.1 Å². The van der Waals surface area contributed by atoms with Crippen LogP contribution in [0.25, 0.3) is 0 Å². The average Bonchev–Trinajstić information content (AvgIpc) is 2.91. The highest BCUT2D eigenvalue weighted by Gasteiger charge is 2.12. The van der Waals surface area contributed by atoms with Gasteiger partial charge in [-0.3, -0.25) is 4.68 Å². The zero-order chi connectivity index (χ0) is 13.9. The van der Waals surface area contributed by atoms with Gasteiger partial charge in [0, 0.05) is 24.7 Å². The summed E-state index contributed by atoms with van der Waals surface area (Å²) in [5.74, 6) is 1.59. The molecule has 0 unspecified atom stereocenters. The SMILES string of the molecule is Cn1cc(OCc2occc2CNC(C)(C)C)cn1. The van der Waals surface area contributed by atoms with E-state index < -0.39 is 0 Å². The Kier molecular flexibility index (Phi) is 3.95. The van der Waals surface area contributed by atoms with Crippen molar-refractivity contribution in [2.45, 2.75) is 39.5 Å². The van der Waals surface area contributed by atoms with Gasteiger partial charge in [0.05, 0.1) is 18.7 Å². The molecule has 0 atom stereocenters. The van der Waals surface area contributed by atoms with Gasteiger partial charge in [-0.2, -0.15) is 5.10 Å². The Hall–Kier alpha value is -1.75. The fourth-order valence-electron chi connectivity index (χ4n) is 1.63. The first kappa shape index (κ1) is 13.7. The second kappa shape index (κ2) is 5.48. The standard InChI is InChI=1S/C14H21N3O2/c1-14(2,3)15-7-11-5-6-18-13(11)10-19-12-8-16-17(4)9-12/h5-6,8-9,15H,7,10H2,1-4H3. The lowest BCUT2D eigenvalue weighted by atomic mass is 10.1. The molecule has 5 nitrogen and oxygen atoms in total. The first-order valence-corrected chi connectivity index (χ1v) is 6.36. The maximum atomic E-state index is 5.64. The van der Waals surface area contributed by atoms with Gasteiger partial charge < -0.3 is 14.5 Å². The van der Waals surface area contributed by atoms with Crippen molar-refractivity contribution in [3.8, 4) is 5.75 Å². The summed E-state index contributed by atoms with van der Waals surface area (Å²) in [6.07, 6.45) is 5.22. The maximum absolute atomic E-state index is 5.64. The zero-order valence-corrected chi connectivity index (χ0v) is 11.9. The normalized spacial score (nSPS) is 11.8. The quantitative estimate of drug-likeness (QED) is 0.900. The molecule has 2 heterocycles. The van der Waals surface area contributed by atoms with Crippen LogP contribution in [0.2, 0.25) is 0 Å². The Morgan fingerprint density at radius 2 is 2.21 bits per heavy atom. The fourth-order valence-corrected chi connectivity index (χ4v) is 1.63. The number of nitrogens with zero attached hydrogens (tertiary/aromatic N) is 2. The molecule has 2 rings (SSSR count). The first-order chi connectivity index (χ1) is 8.94. The lowest BCUT2D eigenvalue weighted by Gasteiger charge is -2.20. The number of hydrogen-bond acceptors (Lipinski definition) is 4. The fraction of sp³-hybridized carbons (Fsp3) is 0.500. The maximum Gasteiger partial charge on any atom is 0.157 e. The van der Waals surface area contributed by atoms with Crippen molar-refractivity contribution in [2.24, 2.45) is 7.05 Å². The molecule has 0 radical (unpaired) electrons. The Bertz CT molecular complexity index is 523. The number of aryl methyl sites for hydroxylation is 1. The number of hydrogen-bond donors (Lipinski definition) is 1. The predicted molar refractivity (Wildman–Crippen MR) is 72.8 cm³/mol. The van der Waals surface area contributed by atoms with Crippen LogP contribution in [-0.4, -0.2) is 15.3 Å². The largest absolute Gasteiger partial charge is 0.482 e. The van der Waals surface area contributed by atoms with Gasteiger partial charge in [0.25, 0.3) is 0 Å². The molecule has 0 saturated heterocycles. The highest BCUT2D eigenvalue weighted by molar-refractivity contribution is 5.18. The molecule has 0 aliphatic carbocycles. The third-order valence-corrected chi connectivity index (χ3v) is 2.70. The Morgan fingerprint density at radius 3 is 2.84 bits per heavy atom. The van der Waals surface area contributed by atoms with E-state index in [4.69, 9.17) is 9.15 Å². The number of ether oxygens (including phenoxy) is 1. The van der Waals surface area contributed by atoms with Crippen molar-refractivity contribution in [3.05, 3.63) is 36.0 Å². The van der Waals surface area contributed by atoms with Crippen LogP contribution in [0.4, 0.5) is 0 Å². The molecule has 0 spiro atoms. The van der Waals surface area contributed by atoms with Gasteiger partial charge in [0.2, 0.25) is 0 Å². The molecule has 104 valence electrons. The van der Waals surface area contributed by atoms with Gasteiger partial charge in [0.1, 0.15) is 12.4 Å². The van der Waals surface area contributed by atoms with E-state index >= 15 is 0 Å². The molecule has 0 bridgehead atoms. The number of furan rings is 1. The van der Waals surface area contributed by atoms with Crippen molar-refractivity contribution in [1.29, 1.82) is 0 Å². The predicted octanol–water partition coefficient (Wildman–Crippen LogP) is 2.48. The van der Waals surface area contributed by atoms with E-state index in [0.717, 1.165) is 23.6 Å². The van der Waals surface area contributed by atoms with Crippen LogP contribution in [0, 0.1) is 0 Å². The van der Waals surface area contributed by atoms with Crippen molar-refractivity contribution >= 4 is 0 Å². The summed E-state index contributed by atoms with van der Waals surface area (Å²) < 4.78 is 12.8. The molecule has 0 aromatic carbocycles. The topological polar surface area (TPSA) is 52.2 Å². The molecule has 2 aromatic rings. The first-order valence-electron chi connectivity index (χ1n) is 6.36. The van der Waals surface area contributed by atoms with E-state index in [1.54, 1.807) is 17.1 Å². The Balaban J connectivity index is 1.92. The molecule has 0 saturated carbocycles. The van der Waals surface area contributed by atoms with E-state index in [1.165, 1.54) is 0 Å². The van der Waals surface area contributed by atoms with Gasteiger partial charge in [-0.05, 0) is 26.8 Å². The second-order valence-corrected chi connectivity index (χ2v) is 5.61. The van der Waals surface area contributed by atoms with Crippen LogP contribution in [0.5, 0.6) is 5.75 Å². The van der Waals surface area contributed by atoms with E-state index in [2.05, 4.69) is 31.2 Å². The number of rotatable bonds is 5. The lowest BCUT2D eigenvalue weighted by molar-refractivity contribution is 0.267. The minimum atomic E-state index is 0.0821. The number of nitrogens with one attached hydrogen (secondary N) is 1. The van der Waals surface area contributed by atoms with Crippen LogP contribution in [0.1, 0.15) is 32.1 Å². The van der Waals surface area contributed by atoms with Crippen LogP contribution < -0.4 is 10.1 Å². The molecule has 0 aliphatic rings. The summed E-state index contributed by atoms with van der Waals surface area (Å²) in [6.45, 7) is 7.60. The second-order valence-electron chi connectivity index (χ2n) is 5.61. The Morgan fingerprint density at radius 1 is 1.42 bits per heavy atom. The summed E-state index contributed by atoms with van der Waals surface area (Å²) >= 11 is 0. The molecule has 0 aliphatic heterocycles. The van der Waals surface area contributed by atoms with E-state index in [1.807, 2.05) is 19.3 Å². The summed E-state index contributed by atoms with van der Waals surface area (Å²) in [6, 6.07) is 1.97. The lowest BCUT2D eigenvalue weighted by Crippen LogP contribution is -2.35. The molecule has 1 N–H and O–H groups in total. The monoisotopic (exact) mass is 263 g/mol. The zero-order valence-electron chi connectivity index (χ0n) is 11.9. The van der Waals surface area contributed by atoms with Crippen molar-refractivity contribution in [2.75, 3.05) is 0 Å². The molecule has 19 heavy (non-hydrogen) atoms.